The number of aryl methyl sites for hydroxylation is 1. The molecule has 0 bridgehead atoms. The molecule has 0 radical (unpaired) electrons. The SMILES string of the molecule is Cn1cc(C(CC(c2ccc(-c3ccc(C(=O)O)c(F)c3)cc2)c2ccc(Cl)cc2Cl)N=O)ccc1=O. The van der Waals surface area contributed by atoms with Gasteiger partial charge in [0.15, 0.2) is 0 Å². The summed E-state index contributed by atoms with van der Waals surface area (Å²) in [5, 5.41) is 13.3. The van der Waals surface area contributed by atoms with Gasteiger partial charge in [0.2, 0.25) is 5.56 Å². The van der Waals surface area contributed by atoms with Gasteiger partial charge in [-0.3, -0.25) is 4.79 Å². The molecule has 0 fully saturated rings. The lowest BCUT2D eigenvalue weighted by Crippen LogP contribution is -2.16. The van der Waals surface area contributed by atoms with Crippen molar-refractivity contribution in [3.8, 4) is 11.1 Å². The number of carbonyl (C=O) groups is 1. The van der Waals surface area contributed by atoms with Gasteiger partial charge in [-0.2, -0.15) is 4.91 Å². The highest BCUT2D eigenvalue weighted by Crippen LogP contribution is 2.40. The Morgan fingerprint density at radius 3 is 2.24 bits per heavy atom. The van der Waals surface area contributed by atoms with Gasteiger partial charge in [-0.25, -0.2) is 9.18 Å². The molecule has 9 heteroatoms. The van der Waals surface area contributed by atoms with E-state index >= 15 is 0 Å². The molecule has 37 heavy (non-hydrogen) atoms. The number of nitroso groups, excluding NO2 is 1. The highest BCUT2D eigenvalue weighted by molar-refractivity contribution is 6.35. The molecule has 4 rings (SSSR count). The zero-order valence-electron chi connectivity index (χ0n) is 19.6. The van der Waals surface area contributed by atoms with Gasteiger partial charge < -0.3 is 9.67 Å². The van der Waals surface area contributed by atoms with E-state index in [0.29, 0.717) is 26.7 Å². The minimum atomic E-state index is -1.33. The molecule has 0 aliphatic rings. The lowest BCUT2D eigenvalue weighted by Gasteiger charge is -2.23. The lowest BCUT2D eigenvalue weighted by molar-refractivity contribution is 0.0692. The van der Waals surface area contributed by atoms with Crippen molar-refractivity contribution in [1.29, 1.82) is 0 Å². The number of aromatic nitrogens is 1. The number of carboxylic acids is 1. The zero-order chi connectivity index (χ0) is 26.7. The van der Waals surface area contributed by atoms with E-state index in [4.69, 9.17) is 28.3 Å². The number of aromatic carboxylic acids is 1. The molecular formula is C28H21Cl2FN2O4. The molecule has 4 aromatic rings. The molecule has 0 aliphatic carbocycles. The van der Waals surface area contributed by atoms with Gasteiger partial charge in [-0.05, 0) is 64.6 Å². The molecule has 6 nitrogen and oxygen atoms in total. The summed E-state index contributed by atoms with van der Waals surface area (Å²) < 4.78 is 15.6. The standard InChI is InChI=1S/C28H21Cl2FN2O4/c1-33-15-19(7-11-27(33)34)26(32-37)14-23(21-10-8-20(29)13-24(21)30)17-4-2-16(3-5-17)18-6-9-22(28(35)36)25(31)12-18/h2-13,15,23,26H,14H2,1H3,(H,35,36). The predicted molar refractivity (Wildman–Crippen MR) is 142 cm³/mol. The van der Waals surface area contributed by atoms with Crippen LogP contribution in [0.4, 0.5) is 4.39 Å². The zero-order valence-corrected chi connectivity index (χ0v) is 21.1. The Hall–Kier alpha value is -3.81. The van der Waals surface area contributed by atoms with Crippen molar-refractivity contribution in [2.45, 2.75) is 18.4 Å². The molecule has 0 saturated heterocycles. The van der Waals surface area contributed by atoms with E-state index in [0.717, 1.165) is 11.1 Å². The monoisotopic (exact) mass is 538 g/mol. The highest BCUT2D eigenvalue weighted by atomic mass is 35.5. The number of benzene rings is 3. The molecule has 1 N–H and O–H groups in total. The Balaban J connectivity index is 1.73. The Morgan fingerprint density at radius 2 is 1.65 bits per heavy atom. The summed E-state index contributed by atoms with van der Waals surface area (Å²) in [5.74, 6) is -2.51. The predicted octanol–water partition coefficient (Wildman–Crippen LogP) is 7.23. The summed E-state index contributed by atoms with van der Waals surface area (Å²) in [6.45, 7) is 0. The van der Waals surface area contributed by atoms with Crippen LogP contribution in [0.3, 0.4) is 0 Å². The van der Waals surface area contributed by atoms with Crippen LogP contribution < -0.4 is 5.56 Å². The molecule has 2 atom stereocenters. The molecule has 0 amide bonds. The van der Waals surface area contributed by atoms with Gasteiger partial charge in [0, 0.05) is 35.3 Å². The molecular weight excluding hydrogens is 518 g/mol. The van der Waals surface area contributed by atoms with Crippen molar-refractivity contribution in [3.05, 3.63) is 132 Å². The smallest absolute Gasteiger partial charge is 0.338 e. The fourth-order valence-electron chi connectivity index (χ4n) is 4.28. The fourth-order valence-corrected chi connectivity index (χ4v) is 4.82. The molecule has 1 heterocycles. The second kappa shape index (κ2) is 11.1. The van der Waals surface area contributed by atoms with Gasteiger partial charge in [0.25, 0.3) is 0 Å². The highest BCUT2D eigenvalue weighted by Gasteiger charge is 2.25. The van der Waals surface area contributed by atoms with Gasteiger partial charge in [0.05, 0.1) is 5.56 Å². The van der Waals surface area contributed by atoms with E-state index in [1.165, 1.54) is 22.8 Å². The Morgan fingerprint density at radius 1 is 0.973 bits per heavy atom. The molecule has 1 aromatic heterocycles. The van der Waals surface area contributed by atoms with Crippen LogP contribution in [0.1, 0.15) is 45.4 Å². The van der Waals surface area contributed by atoms with Crippen molar-refractivity contribution >= 4 is 29.2 Å². The van der Waals surface area contributed by atoms with E-state index in [1.54, 1.807) is 55.7 Å². The second-order valence-corrected chi connectivity index (χ2v) is 9.45. The number of pyridine rings is 1. The molecule has 0 aliphatic heterocycles. The first kappa shape index (κ1) is 26.3. The second-order valence-electron chi connectivity index (χ2n) is 8.61. The lowest BCUT2D eigenvalue weighted by atomic mass is 9.84. The Kier molecular flexibility index (Phi) is 7.86. The van der Waals surface area contributed by atoms with Gasteiger partial charge in [0.1, 0.15) is 11.9 Å². The average molecular weight is 539 g/mol. The number of hydrogen-bond donors (Lipinski definition) is 1. The van der Waals surface area contributed by atoms with E-state index < -0.39 is 23.4 Å². The largest absolute Gasteiger partial charge is 0.478 e. The summed E-state index contributed by atoms with van der Waals surface area (Å²) >= 11 is 12.7. The van der Waals surface area contributed by atoms with E-state index in [9.17, 15) is 18.9 Å². The van der Waals surface area contributed by atoms with Crippen LogP contribution in [0.2, 0.25) is 10.0 Å². The number of carboxylic acid groups (broad SMARTS) is 1. The third-order valence-corrected chi connectivity index (χ3v) is 6.83. The van der Waals surface area contributed by atoms with Gasteiger partial charge in [-0.15, -0.1) is 0 Å². The molecule has 2 unspecified atom stereocenters. The first-order valence-corrected chi connectivity index (χ1v) is 12.0. The normalized spacial score (nSPS) is 12.6. The summed E-state index contributed by atoms with van der Waals surface area (Å²) in [6, 6.07) is 18.6. The van der Waals surface area contributed by atoms with Gasteiger partial charge >= 0.3 is 5.97 Å². The van der Waals surface area contributed by atoms with Crippen molar-refractivity contribution in [3.63, 3.8) is 0 Å². The van der Waals surface area contributed by atoms with Crippen LogP contribution in [-0.2, 0) is 7.05 Å². The van der Waals surface area contributed by atoms with Crippen LogP contribution in [0.25, 0.3) is 11.1 Å². The summed E-state index contributed by atoms with van der Waals surface area (Å²) in [6.07, 6.45) is 1.86. The van der Waals surface area contributed by atoms with Crippen LogP contribution in [0, 0.1) is 10.7 Å². The van der Waals surface area contributed by atoms with Gasteiger partial charge in [-0.1, -0.05) is 64.8 Å². The third-order valence-electron chi connectivity index (χ3n) is 6.26. The van der Waals surface area contributed by atoms with E-state index in [1.807, 2.05) is 12.1 Å². The maximum Gasteiger partial charge on any atom is 0.338 e. The minimum absolute atomic E-state index is 0.200. The first-order chi connectivity index (χ1) is 17.7. The van der Waals surface area contributed by atoms with Crippen molar-refractivity contribution in [2.24, 2.45) is 12.2 Å². The quantitative estimate of drug-likeness (QED) is 0.239. The first-order valence-electron chi connectivity index (χ1n) is 11.2. The van der Waals surface area contributed by atoms with E-state index in [2.05, 4.69) is 5.18 Å². The topological polar surface area (TPSA) is 88.7 Å². The van der Waals surface area contributed by atoms with Crippen LogP contribution in [-0.4, -0.2) is 15.6 Å². The summed E-state index contributed by atoms with van der Waals surface area (Å²) in [4.78, 5) is 34.9. The number of halogens is 3. The maximum atomic E-state index is 14.2. The van der Waals surface area contributed by atoms with Crippen LogP contribution >= 0.6 is 23.2 Å². The maximum absolute atomic E-state index is 14.2. The minimum Gasteiger partial charge on any atom is -0.478 e. The fraction of sp³-hybridized carbons (Fsp3) is 0.143. The molecule has 0 saturated carbocycles. The molecule has 188 valence electrons. The van der Waals surface area contributed by atoms with Crippen molar-refractivity contribution in [2.75, 3.05) is 0 Å². The summed E-state index contributed by atoms with van der Waals surface area (Å²) in [5.41, 5.74) is 2.77. The number of hydrogen-bond acceptors (Lipinski definition) is 4. The third kappa shape index (κ3) is 5.79. The summed E-state index contributed by atoms with van der Waals surface area (Å²) in [7, 11) is 1.60. The van der Waals surface area contributed by atoms with Crippen LogP contribution in [0.15, 0.2) is 89.0 Å². The van der Waals surface area contributed by atoms with E-state index in [-0.39, 0.29) is 17.9 Å². The van der Waals surface area contributed by atoms with Crippen molar-refractivity contribution < 1.29 is 14.3 Å². The number of nitrogens with zero attached hydrogens (tertiary/aromatic N) is 2. The molecule has 3 aromatic carbocycles. The van der Waals surface area contributed by atoms with Crippen LogP contribution in [0.5, 0.6) is 0 Å². The average Bonchev–Trinajstić information content (AvgIpc) is 2.87. The van der Waals surface area contributed by atoms with Crippen molar-refractivity contribution in [1.82, 2.24) is 4.57 Å². The molecule has 0 spiro atoms. The number of rotatable bonds is 8. The Labute approximate surface area is 221 Å². The Bertz CT molecular complexity index is 1540.